The predicted octanol–water partition coefficient (Wildman–Crippen LogP) is 2.09. The van der Waals surface area contributed by atoms with Gasteiger partial charge in [-0.05, 0) is 44.2 Å². The fraction of sp³-hybridized carbons (Fsp3) is 0.615. The Labute approximate surface area is 106 Å². The summed E-state index contributed by atoms with van der Waals surface area (Å²) in [5.74, 6) is 0.0287. The quantitative estimate of drug-likeness (QED) is 0.809. The second kappa shape index (κ2) is 5.65. The van der Waals surface area contributed by atoms with Crippen LogP contribution < -0.4 is 11.1 Å². The zero-order chi connectivity index (χ0) is 12.3. The first-order chi connectivity index (χ1) is 8.20. The summed E-state index contributed by atoms with van der Waals surface area (Å²) in [4.78, 5) is 14.2. The molecule has 0 saturated carbocycles. The zero-order valence-electron chi connectivity index (χ0n) is 10.3. The summed E-state index contributed by atoms with van der Waals surface area (Å²) in [5.41, 5.74) is 6.89. The summed E-state index contributed by atoms with van der Waals surface area (Å²) >= 11 is 1.66. The van der Waals surface area contributed by atoms with Gasteiger partial charge in [0.15, 0.2) is 0 Å². The molecule has 0 fully saturated rings. The Balaban J connectivity index is 2.09. The first kappa shape index (κ1) is 12.6. The third-order valence-corrected chi connectivity index (χ3v) is 4.44. The Morgan fingerprint density at radius 2 is 2.24 bits per heavy atom. The Morgan fingerprint density at radius 3 is 3.00 bits per heavy atom. The van der Waals surface area contributed by atoms with Gasteiger partial charge in [-0.25, -0.2) is 0 Å². The number of thiophene rings is 1. The number of carbonyl (C=O) groups excluding carboxylic acids is 1. The van der Waals surface area contributed by atoms with Crippen LogP contribution in [0.3, 0.4) is 0 Å². The Morgan fingerprint density at radius 1 is 1.47 bits per heavy atom. The third-order valence-electron chi connectivity index (χ3n) is 3.20. The minimum absolute atomic E-state index is 0.0287. The fourth-order valence-corrected chi connectivity index (χ4v) is 3.29. The molecule has 1 unspecified atom stereocenters. The average molecular weight is 252 g/mol. The highest BCUT2D eigenvalue weighted by Gasteiger charge is 2.17. The van der Waals surface area contributed by atoms with E-state index in [4.69, 9.17) is 5.73 Å². The second-order valence-electron chi connectivity index (χ2n) is 4.73. The van der Waals surface area contributed by atoms with Crippen LogP contribution in [-0.2, 0) is 12.8 Å². The first-order valence-corrected chi connectivity index (χ1v) is 7.15. The van der Waals surface area contributed by atoms with Crippen LogP contribution in [0.5, 0.6) is 0 Å². The van der Waals surface area contributed by atoms with Crippen LogP contribution in [0.15, 0.2) is 6.07 Å². The maximum atomic E-state index is 12.0. The van der Waals surface area contributed by atoms with Crippen molar-refractivity contribution in [1.29, 1.82) is 0 Å². The number of fused-ring (bicyclic) bond motifs is 1. The van der Waals surface area contributed by atoms with Crippen molar-refractivity contribution in [3.8, 4) is 0 Å². The van der Waals surface area contributed by atoms with E-state index in [1.165, 1.54) is 29.7 Å². The van der Waals surface area contributed by atoms with Crippen LogP contribution in [0.25, 0.3) is 0 Å². The summed E-state index contributed by atoms with van der Waals surface area (Å²) in [7, 11) is 0. The normalized spacial score (nSPS) is 17.1. The molecule has 1 aromatic rings. The van der Waals surface area contributed by atoms with Gasteiger partial charge in [0.05, 0.1) is 4.88 Å². The lowest BCUT2D eigenvalue weighted by atomic mass is 10.1. The molecule has 0 bridgehead atoms. The predicted molar refractivity (Wildman–Crippen MR) is 71.6 cm³/mol. The molecular weight excluding hydrogens is 232 g/mol. The van der Waals surface area contributed by atoms with Gasteiger partial charge in [0.2, 0.25) is 0 Å². The molecule has 1 aromatic heterocycles. The van der Waals surface area contributed by atoms with Gasteiger partial charge in [-0.2, -0.15) is 0 Å². The molecule has 1 aliphatic carbocycles. The molecule has 0 spiro atoms. The van der Waals surface area contributed by atoms with E-state index in [0.717, 1.165) is 17.7 Å². The maximum Gasteiger partial charge on any atom is 0.261 e. The number of hydrogen-bond acceptors (Lipinski definition) is 3. The molecule has 3 nitrogen and oxygen atoms in total. The van der Waals surface area contributed by atoms with Crippen molar-refractivity contribution in [1.82, 2.24) is 5.32 Å². The van der Waals surface area contributed by atoms with Crippen molar-refractivity contribution in [2.75, 3.05) is 6.54 Å². The van der Waals surface area contributed by atoms with E-state index >= 15 is 0 Å². The number of hydrogen-bond donors (Lipinski definition) is 2. The third kappa shape index (κ3) is 3.07. The van der Waals surface area contributed by atoms with Gasteiger partial charge in [-0.3, -0.25) is 4.79 Å². The summed E-state index contributed by atoms with van der Waals surface area (Å²) in [6.45, 7) is 2.41. The van der Waals surface area contributed by atoms with E-state index in [1.54, 1.807) is 11.3 Å². The van der Waals surface area contributed by atoms with Crippen molar-refractivity contribution < 1.29 is 4.79 Å². The molecule has 4 heteroatoms. The zero-order valence-corrected chi connectivity index (χ0v) is 11.1. The van der Waals surface area contributed by atoms with Crippen LogP contribution >= 0.6 is 11.3 Å². The van der Waals surface area contributed by atoms with Gasteiger partial charge in [0.1, 0.15) is 0 Å². The van der Waals surface area contributed by atoms with Crippen LogP contribution in [0, 0.1) is 0 Å². The number of amides is 1. The monoisotopic (exact) mass is 252 g/mol. The molecule has 3 N–H and O–H groups in total. The summed E-state index contributed by atoms with van der Waals surface area (Å²) in [5, 5.41) is 2.92. The number of nitrogens with one attached hydrogen (secondary N) is 1. The second-order valence-corrected chi connectivity index (χ2v) is 5.87. The van der Waals surface area contributed by atoms with E-state index in [-0.39, 0.29) is 11.9 Å². The van der Waals surface area contributed by atoms with Crippen molar-refractivity contribution in [3.63, 3.8) is 0 Å². The van der Waals surface area contributed by atoms with Crippen molar-refractivity contribution in [2.24, 2.45) is 5.73 Å². The van der Waals surface area contributed by atoms with Gasteiger partial charge < -0.3 is 11.1 Å². The Hall–Kier alpha value is -0.870. The van der Waals surface area contributed by atoms with Gasteiger partial charge in [0, 0.05) is 17.5 Å². The van der Waals surface area contributed by atoms with Crippen molar-refractivity contribution in [2.45, 2.75) is 45.1 Å². The highest BCUT2D eigenvalue weighted by atomic mass is 32.1. The van der Waals surface area contributed by atoms with E-state index in [2.05, 4.69) is 11.4 Å². The van der Waals surface area contributed by atoms with Crippen LogP contribution in [-0.4, -0.2) is 18.5 Å². The topological polar surface area (TPSA) is 55.1 Å². The molecule has 0 radical (unpaired) electrons. The lowest BCUT2D eigenvalue weighted by Gasteiger charge is -2.09. The largest absolute Gasteiger partial charge is 0.348 e. The average Bonchev–Trinajstić information content (AvgIpc) is 2.61. The van der Waals surface area contributed by atoms with E-state index in [0.29, 0.717) is 6.54 Å². The van der Waals surface area contributed by atoms with Gasteiger partial charge in [-0.15, -0.1) is 11.3 Å². The molecule has 1 atom stereocenters. The highest BCUT2D eigenvalue weighted by Crippen LogP contribution is 2.28. The molecule has 94 valence electrons. The molecule has 0 saturated heterocycles. The Bertz CT molecular complexity index is 377. The lowest BCUT2D eigenvalue weighted by Crippen LogP contribution is -2.37. The van der Waals surface area contributed by atoms with Gasteiger partial charge in [-0.1, -0.05) is 6.42 Å². The van der Waals surface area contributed by atoms with Crippen LogP contribution in [0.2, 0.25) is 0 Å². The fourth-order valence-electron chi connectivity index (χ4n) is 2.13. The Kier molecular flexibility index (Phi) is 4.18. The van der Waals surface area contributed by atoms with Crippen LogP contribution in [0.1, 0.15) is 46.3 Å². The highest BCUT2D eigenvalue weighted by molar-refractivity contribution is 7.14. The summed E-state index contributed by atoms with van der Waals surface area (Å²) < 4.78 is 0. The minimum Gasteiger partial charge on any atom is -0.348 e. The van der Waals surface area contributed by atoms with Gasteiger partial charge in [0.25, 0.3) is 5.91 Å². The molecular formula is C13H20N2OS. The molecule has 2 rings (SSSR count). The number of rotatable bonds is 3. The van der Waals surface area contributed by atoms with E-state index in [1.807, 2.05) is 6.92 Å². The molecule has 1 aliphatic rings. The lowest BCUT2D eigenvalue weighted by molar-refractivity contribution is 0.0945. The molecule has 1 amide bonds. The molecule has 1 heterocycles. The number of aryl methyl sites for hydroxylation is 2. The smallest absolute Gasteiger partial charge is 0.261 e. The van der Waals surface area contributed by atoms with E-state index in [9.17, 15) is 4.79 Å². The maximum absolute atomic E-state index is 12.0. The molecule has 17 heavy (non-hydrogen) atoms. The van der Waals surface area contributed by atoms with Crippen molar-refractivity contribution >= 4 is 17.2 Å². The number of carbonyl (C=O) groups is 1. The standard InChI is InChI=1S/C13H20N2OS/c1-9(8-14)15-13(16)12-7-10-5-3-2-4-6-11(10)17-12/h7,9H,2-6,8,14H2,1H3,(H,15,16). The summed E-state index contributed by atoms with van der Waals surface area (Å²) in [6, 6.07) is 2.12. The van der Waals surface area contributed by atoms with E-state index < -0.39 is 0 Å². The van der Waals surface area contributed by atoms with Crippen LogP contribution in [0.4, 0.5) is 0 Å². The molecule has 0 aromatic carbocycles. The number of nitrogens with two attached hydrogens (primary N) is 1. The van der Waals surface area contributed by atoms with Crippen molar-refractivity contribution in [3.05, 3.63) is 21.4 Å². The SMILES string of the molecule is CC(CN)NC(=O)c1cc2c(s1)CCCCC2. The molecule has 0 aliphatic heterocycles. The summed E-state index contributed by atoms with van der Waals surface area (Å²) in [6.07, 6.45) is 6.09. The first-order valence-electron chi connectivity index (χ1n) is 6.33. The van der Waals surface area contributed by atoms with Gasteiger partial charge >= 0.3 is 0 Å². The minimum atomic E-state index is 0.0287.